The minimum Gasteiger partial charge on any atom is -0.322 e. The van der Waals surface area contributed by atoms with Crippen LogP contribution in [0.5, 0.6) is 0 Å². The number of aromatic nitrogens is 1. The minimum atomic E-state index is -0.656. The van der Waals surface area contributed by atoms with E-state index in [0.717, 1.165) is 5.56 Å². The second-order valence-corrected chi connectivity index (χ2v) is 6.47. The molecule has 8 nitrogen and oxygen atoms in total. The van der Waals surface area contributed by atoms with Crippen LogP contribution < -0.4 is 10.6 Å². The minimum absolute atomic E-state index is 0.211. The summed E-state index contributed by atoms with van der Waals surface area (Å²) in [5.41, 5.74) is 2.22. The summed E-state index contributed by atoms with van der Waals surface area (Å²) in [5, 5.41) is 5.05. The lowest BCUT2D eigenvalue weighted by Crippen LogP contribution is -2.52. The zero-order valence-electron chi connectivity index (χ0n) is 14.3. The van der Waals surface area contributed by atoms with Crippen molar-refractivity contribution in [1.29, 1.82) is 0 Å². The fourth-order valence-corrected chi connectivity index (χ4v) is 3.35. The molecule has 1 aromatic heterocycles. The van der Waals surface area contributed by atoms with E-state index in [1.165, 1.54) is 11.1 Å². The average molecular weight is 364 g/mol. The van der Waals surface area contributed by atoms with Gasteiger partial charge >= 0.3 is 0 Å². The Morgan fingerprint density at radius 2 is 2.07 bits per heavy atom. The number of piperidine rings is 1. The molecule has 1 unspecified atom stereocenters. The van der Waals surface area contributed by atoms with Gasteiger partial charge in [0.1, 0.15) is 6.04 Å². The van der Waals surface area contributed by atoms with E-state index in [2.05, 4.69) is 15.6 Å². The molecule has 4 rings (SSSR count). The van der Waals surface area contributed by atoms with Gasteiger partial charge in [-0.25, -0.2) is 0 Å². The van der Waals surface area contributed by atoms with Crippen molar-refractivity contribution in [2.45, 2.75) is 25.4 Å². The van der Waals surface area contributed by atoms with Gasteiger partial charge in [0, 0.05) is 36.6 Å². The number of hydrogen-bond acceptors (Lipinski definition) is 5. The van der Waals surface area contributed by atoms with Crippen molar-refractivity contribution in [3.8, 4) is 0 Å². The number of hydrogen-bond donors (Lipinski definition) is 2. The van der Waals surface area contributed by atoms with Crippen molar-refractivity contribution >= 4 is 29.3 Å². The molecule has 1 aromatic carbocycles. The van der Waals surface area contributed by atoms with Gasteiger partial charge in [0.2, 0.25) is 11.8 Å². The highest BCUT2D eigenvalue weighted by atomic mass is 16.2. The largest absolute Gasteiger partial charge is 0.322 e. The topological polar surface area (TPSA) is 108 Å². The van der Waals surface area contributed by atoms with Crippen LogP contribution in [0.1, 0.15) is 39.1 Å². The van der Waals surface area contributed by atoms with E-state index in [9.17, 15) is 19.2 Å². The Morgan fingerprint density at radius 1 is 1.22 bits per heavy atom. The van der Waals surface area contributed by atoms with Gasteiger partial charge in [0.15, 0.2) is 0 Å². The number of carbonyl (C=O) groups excluding carboxylic acids is 4. The molecule has 0 spiro atoms. The molecule has 8 heteroatoms. The van der Waals surface area contributed by atoms with Gasteiger partial charge in [-0.1, -0.05) is 0 Å². The molecule has 1 fully saturated rings. The second-order valence-electron chi connectivity index (χ2n) is 6.47. The Hall–Kier alpha value is -3.55. The highest BCUT2D eigenvalue weighted by molar-refractivity contribution is 6.07. The maximum atomic E-state index is 12.6. The first kappa shape index (κ1) is 16.9. The lowest BCUT2D eigenvalue weighted by Gasteiger charge is -2.29. The number of imide groups is 1. The molecule has 2 aliphatic heterocycles. The zero-order chi connectivity index (χ0) is 19.0. The van der Waals surface area contributed by atoms with Crippen molar-refractivity contribution in [2.24, 2.45) is 0 Å². The Balaban J connectivity index is 1.52. The SMILES string of the molecule is O=C1CCC(N2Cc3cc(NC(=O)c4cccnc4)ccc3C2=O)C(=O)N1. The lowest BCUT2D eigenvalue weighted by atomic mass is 10.0. The van der Waals surface area contributed by atoms with Crippen LogP contribution >= 0.6 is 0 Å². The van der Waals surface area contributed by atoms with Crippen LogP contribution in [0.25, 0.3) is 0 Å². The average Bonchev–Trinajstić information content (AvgIpc) is 2.98. The predicted octanol–water partition coefficient (Wildman–Crippen LogP) is 1.09. The van der Waals surface area contributed by atoms with Gasteiger partial charge in [0.25, 0.3) is 11.8 Å². The molecule has 0 radical (unpaired) electrons. The molecule has 1 saturated heterocycles. The van der Waals surface area contributed by atoms with Crippen LogP contribution in [-0.2, 0) is 16.1 Å². The van der Waals surface area contributed by atoms with Crippen LogP contribution in [-0.4, -0.2) is 39.6 Å². The molecule has 0 saturated carbocycles. The summed E-state index contributed by atoms with van der Waals surface area (Å²) < 4.78 is 0. The Morgan fingerprint density at radius 3 is 2.81 bits per heavy atom. The number of amides is 4. The Kier molecular flexibility index (Phi) is 4.15. The van der Waals surface area contributed by atoms with Crippen molar-refractivity contribution in [3.05, 3.63) is 59.4 Å². The number of carbonyl (C=O) groups is 4. The maximum Gasteiger partial charge on any atom is 0.257 e. The molecule has 3 heterocycles. The molecule has 1 atom stereocenters. The summed E-state index contributed by atoms with van der Waals surface area (Å²) in [6.45, 7) is 0.261. The predicted molar refractivity (Wildman–Crippen MR) is 94.7 cm³/mol. The fourth-order valence-electron chi connectivity index (χ4n) is 3.35. The van der Waals surface area contributed by atoms with Crippen LogP contribution in [0.4, 0.5) is 5.69 Å². The highest BCUT2D eigenvalue weighted by Gasteiger charge is 2.39. The van der Waals surface area contributed by atoms with Crippen molar-refractivity contribution in [2.75, 3.05) is 5.32 Å². The maximum absolute atomic E-state index is 12.6. The lowest BCUT2D eigenvalue weighted by molar-refractivity contribution is -0.136. The Labute approximate surface area is 154 Å². The zero-order valence-corrected chi connectivity index (χ0v) is 14.3. The quantitative estimate of drug-likeness (QED) is 0.793. The summed E-state index contributed by atoms with van der Waals surface area (Å²) in [4.78, 5) is 53.7. The van der Waals surface area contributed by atoms with Crippen LogP contribution in [0.2, 0.25) is 0 Å². The first-order valence-electron chi connectivity index (χ1n) is 8.52. The summed E-state index contributed by atoms with van der Waals surface area (Å²) >= 11 is 0. The third-order valence-electron chi connectivity index (χ3n) is 4.71. The Bertz CT molecular complexity index is 957. The monoisotopic (exact) mass is 364 g/mol. The molecule has 4 amide bonds. The standard InChI is InChI=1S/C19H16N4O4/c24-16-6-5-15(18(26)22-16)23-10-12-8-13(3-4-14(12)19(23)27)21-17(25)11-2-1-7-20-9-11/h1-4,7-9,15H,5-6,10H2,(H,21,25)(H,22,24,26). The smallest absolute Gasteiger partial charge is 0.257 e. The van der Waals surface area contributed by atoms with E-state index >= 15 is 0 Å². The molecular formula is C19H16N4O4. The number of pyridine rings is 1. The first-order valence-corrected chi connectivity index (χ1v) is 8.52. The van der Waals surface area contributed by atoms with Gasteiger partial charge in [-0.15, -0.1) is 0 Å². The van der Waals surface area contributed by atoms with Crippen LogP contribution in [0, 0.1) is 0 Å². The summed E-state index contributed by atoms with van der Waals surface area (Å²) in [6, 6.07) is 7.70. The number of anilines is 1. The molecule has 27 heavy (non-hydrogen) atoms. The first-order chi connectivity index (χ1) is 13.0. The van der Waals surface area contributed by atoms with E-state index in [-0.39, 0.29) is 30.7 Å². The fraction of sp³-hybridized carbons (Fsp3) is 0.211. The molecule has 136 valence electrons. The molecule has 2 aliphatic rings. The number of rotatable bonds is 3. The van der Waals surface area contributed by atoms with Crippen molar-refractivity contribution < 1.29 is 19.2 Å². The third kappa shape index (κ3) is 3.17. The molecule has 2 aromatic rings. The van der Waals surface area contributed by atoms with Gasteiger partial charge < -0.3 is 10.2 Å². The van der Waals surface area contributed by atoms with Crippen LogP contribution in [0.15, 0.2) is 42.7 Å². The highest BCUT2D eigenvalue weighted by Crippen LogP contribution is 2.29. The summed E-state index contributed by atoms with van der Waals surface area (Å²) in [6.07, 6.45) is 3.58. The van der Waals surface area contributed by atoms with Gasteiger partial charge in [-0.3, -0.25) is 29.5 Å². The molecule has 0 bridgehead atoms. The van der Waals surface area contributed by atoms with Crippen molar-refractivity contribution in [1.82, 2.24) is 15.2 Å². The normalized spacial score (nSPS) is 18.9. The molecule has 2 N–H and O–H groups in total. The number of nitrogens with zero attached hydrogens (tertiary/aromatic N) is 2. The summed E-state index contributed by atoms with van der Waals surface area (Å²) in [7, 11) is 0. The van der Waals surface area contributed by atoms with Gasteiger partial charge in [-0.2, -0.15) is 0 Å². The van der Waals surface area contributed by atoms with E-state index in [4.69, 9.17) is 0 Å². The third-order valence-corrected chi connectivity index (χ3v) is 4.71. The van der Waals surface area contributed by atoms with E-state index in [0.29, 0.717) is 23.2 Å². The number of nitrogens with one attached hydrogen (secondary N) is 2. The molecule has 0 aliphatic carbocycles. The van der Waals surface area contributed by atoms with Crippen LogP contribution in [0.3, 0.4) is 0 Å². The van der Waals surface area contributed by atoms with E-state index < -0.39 is 11.9 Å². The number of benzene rings is 1. The van der Waals surface area contributed by atoms with Gasteiger partial charge in [-0.05, 0) is 42.3 Å². The number of fused-ring (bicyclic) bond motifs is 1. The summed E-state index contributed by atoms with van der Waals surface area (Å²) in [5.74, 6) is -1.31. The van der Waals surface area contributed by atoms with Crippen molar-refractivity contribution in [3.63, 3.8) is 0 Å². The second kappa shape index (κ2) is 6.64. The van der Waals surface area contributed by atoms with E-state index in [1.807, 2.05) is 0 Å². The van der Waals surface area contributed by atoms with Gasteiger partial charge in [0.05, 0.1) is 5.56 Å². The van der Waals surface area contributed by atoms with E-state index in [1.54, 1.807) is 36.5 Å². The molecular weight excluding hydrogens is 348 g/mol.